The molecule has 0 saturated carbocycles. The number of pyridine rings is 1. The zero-order valence-corrected chi connectivity index (χ0v) is 12.9. The standard InChI is InChI=1S/C17H19F2N3O/c1-2-3-4-9-20-16-8-6-13(11-21-16)22-17(23)12-5-7-14(18)15(19)10-12/h5-8,10-11H,2-4,9H2,1H3,(H,20,21)(H,22,23). The fraction of sp³-hybridized carbons (Fsp3) is 0.294. The maximum atomic E-state index is 13.1. The topological polar surface area (TPSA) is 54.0 Å². The van der Waals surface area contributed by atoms with Crippen LogP contribution in [0, 0.1) is 11.6 Å². The van der Waals surface area contributed by atoms with Gasteiger partial charge in [-0.15, -0.1) is 0 Å². The van der Waals surface area contributed by atoms with Crippen LogP contribution in [-0.4, -0.2) is 17.4 Å². The maximum Gasteiger partial charge on any atom is 0.255 e. The Morgan fingerprint density at radius 2 is 1.96 bits per heavy atom. The van der Waals surface area contributed by atoms with Crippen molar-refractivity contribution in [3.63, 3.8) is 0 Å². The van der Waals surface area contributed by atoms with E-state index in [1.165, 1.54) is 12.3 Å². The van der Waals surface area contributed by atoms with E-state index in [4.69, 9.17) is 0 Å². The highest BCUT2D eigenvalue weighted by Gasteiger charge is 2.10. The SMILES string of the molecule is CCCCCNc1ccc(NC(=O)c2ccc(F)c(F)c2)cn1. The Morgan fingerprint density at radius 1 is 1.13 bits per heavy atom. The van der Waals surface area contributed by atoms with Crippen molar-refractivity contribution in [1.82, 2.24) is 4.98 Å². The number of unbranched alkanes of at least 4 members (excludes halogenated alkanes) is 2. The normalized spacial score (nSPS) is 10.4. The van der Waals surface area contributed by atoms with Crippen LogP contribution < -0.4 is 10.6 Å². The molecule has 23 heavy (non-hydrogen) atoms. The van der Waals surface area contributed by atoms with Crippen LogP contribution in [-0.2, 0) is 0 Å². The lowest BCUT2D eigenvalue weighted by atomic mass is 10.2. The van der Waals surface area contributed by atoms with Crippen molar-refractivity contribution in [2.45, 2.75) is 26.2 Å². The number of hydrogen-bond donors (Lipinski definition) is 2. The van der Waals surface area contributed by atoms with Crippen molar-refractivity contribution < 1.29 is 13.6 Å². The third kappa shape index (κ3) is 5.02. The summed E-state index contributed by atoms with van der Waals surface area (Å²) in [5.41, 5.74) is 0.532. The van der Waals surface area contributed by atoms with E-state index in [1.807, 2.05) is 0 Å². The van der Waals surface area contributed by atoms with Crippen LogP contribution >= 0.6 is 0 Å². The van der Waals surface area contributed by atoms with Gasteiger partial charge in [0.05, 0.1) is 11.9 Å². The Balaban J connectivity index is 1.92. The van der Waals surface area contributed by atoms with Gasteiger partial charge >= 0.3 is 0 Å². The summed E-state index contributed by atoms with van der Waals surface area (Å²) in [5, 5.41) is 5.78. The molecular formula is C17H19F2N3O. The van der Waals surface area contributed by atoms with Gasteiger partial charge in [-0.05, 0) is 36.8 Å². The molecule has 0 saturated heterocycles. The highest BCUT2D eigenvalue weighted by Crippen LogP contribution is 2.13. The van der Waals surface area contributed by atoms with Crippen molar-refractivity contribution in [3.8, 4) is 0 Å². The third-order valence-corrected chi connectivity index (χ3v) is 3.29. The Kier molecular flexibility index (Phi) is 6.02. The first kappa shape index (κ1) is 16.9. The molecule has 0 spiro atoms. The van der Waals surface area contributed by atoms with Gasteiger partial charge in [-0.1, -0.05) is 19.8 Å². The minimum Gasteiger partial charge on any atom is -0.370 e. The molecule has 0 fully saturated rings. The van der Waals surface area contributed by atoms with Crippen LogP contribution in [0.5, 0.6) is 0 Å². The molecule has 0 atom stereocenters. The van der Waals surface area contributed by atoms with E-state index in [-0.39, 0.29) is 5.56 Å². The number of amides is 1. The molecule has 6 heteroatoms. The number of hydrogen-bond acceptors (Lipinski definition) is 3. The summed E-state index contributed by atoms with van der Waals surface area (Å²) < 4.78 is 26.0. The van der Waals surface area contributed by atoms with Crippen LogP contribution in [0.25, 0.3) is 0 Å². The molecule has 0 unspecified atom stereocenters. The molecule has 0 aliphatic heterocycles. The number of nitrogens with zero attached hydrogens (tertiary/aromatic N) is 1. The first-order valence-corrected chi connectivity index (χ1v) is 7.56. The Hall–Kier alpha value is -2.50. The average Bonchev–Trinajstić information content (AvgIpc) is 2.55. The van der Waals surface area contributed by atoms with Crippen molar-refractivity contribution >= 4 is 17.4 Å². The van der Waals surface area contributed by atoms with Crippen LogP contribution in [0.2, 0.25) is 0 Å². The summed E-state index contributed by atoms with van der Waals surface area (Å²) in [6, 6.07) is 6.47. The second-order valence-corrected chi connectivity index (χ2v) is 5.15. The van der Waals surface area contributed by atoms with Crippen LogP contribution in [0.3, 0.4) is 0 Å². The number of halogens is 2. The second kappa shape index (κ2) is 8.22. The maximum absolute atomic E-state index is 13.1. The quantitative estimate of drug-likeness (QED) is 0.752. The molecular weight excluding hydrogens is 300 g/mol. The number of anilines is 2. The predicted molar refractivity (Wildman–Crippen MR) is 86.6 cm³/mol. The van der Waals surface area contributed by atoms with Crippen LogP contribution in [0.4, 0.5) is 20.3 Å². The van der Waals surface area contributed by atoms with E-state index in [9.17, 15) is 13.6 Å². The summed E-state index contributed by atoms with van der Waals surface area (Å²) >= 11 is 0. The number of benzene rings is 1. The number of aromatic nitrogens is 1. The van der Waals surface area contributed by atoms with Gasteiger partial charge in [0.2, 0.25) is 0 Å². The fourth-order valence-corrected chi connectivity index (χ4v) is 2.00. The molecule has 122 valence electrons. The lowest BCUT2D eigenvalue weighted by Crippen LogP contribution is -2.13. The minimum absolute atomic E-state index is 0.0469. The highest BCUT2D eigenvalue weighted by molar-refractivity contribution is 6.04. The molecule has 1 heterocycles. The Morgan fingerprint density at radius 3 is 2.61 bits per heavy atom. The van der Waals surface area contributed by atoms with E-state index in [2.05, 4.69) is 22.5 Å². The highest BCUT2D eigenvalue weighted by atomic mass is 19.2. The lowest BCUT2D eigenvalue weighted by molar-refractivity contribution is 0.102. The first-order chi connectivity index (χ1) is 11.1. The third-order valence-electron chi connectivity index (χ3n) is 3.29. The lowest BCUT2D eigenvalue weighted by Gasteiger charge is -2.08. The van der Waals surface area contributed by atoms with E-state index >= 15 is 0 Å². The average molecular weight is 319 g/mol. The number of rotatable bonds is 7. The van der Waals surface area contributed by atoms with E-state index in [1.54, 1.807) is 12.1 Å². The summed E-state index contributed by atoms with van der Waals surface area (Å²) in [6.45, 7) is 2.99. The van der Waals surface area contributed by atoms with Gasteiger partial charge in [0, 0.05) is 12.1 Å². The molecule has 1 amide bonds. The van der Waals surface area contributed by atoms with Gasteiger partial charge < -0.3 is 10.6 Å². The zero-order chi connectivity index (χ0) is 16.7. The van der Waals surface area contributed by atoms with E-state index in [0.29, 0.717) is 5.69 Å². The molecule has 2 aromatic rings. The van der Waals surface area contributed by atoms with E-state index in [0.717, 1.165) is 43.8 Å². The number of nitrogens with one attached hydrogen (secondary N) is 2. The van der Waals surface area contributed by atoms with Gasteiger partial charge in [-0.3, -0.25) is 4.79 Å². The Bertz CT molecular complexity index is 659. The monoisotopic (exact) mass is 319 g/mol. The molecule has 1 aromatic heterocycles. The van der Waals surface area contributed by atoms with Gasteiger partial charge in [-0.25, -0.2) is 13.8 Å². The minimum atomic E-state index is -1.05. The summed E-state index contributed by atoms with van der Waals surface area (Å²) in [7, 11) is 0. The largest absolute Gasteiger partial charge is 0.370 e. The fourth-order valence-electron chi connectivity index (χ4n) is 2.00. The molecule has 0 aliphatic carbocycles. The van der Waals surface area contributed by atoms with Crippen molar-refractivity contribution in [3.05, 3.63) is 53.7 Å². The van der Waals surface area contributed by atoms with Gasteiger partial charge in [-0.2, -0.15) is 0 Å². The summed E-state index contributed by atoms with van der Waals surface area (Å²) in [6.07, 6.45) is 4.91. The van der Waals surface area contributed by atoms with Gasteiger partial charge in [0.15, 0.2) is 11.6 Å². The van der Waals surface area contributed by atoms with Crippen LogP contribution in [0.15, 0.2) is 36.5 Å². The molecule has 0 radical (unpaired) electrons. The molecule has 2 rings (SSSR count). The van der Waals surface area contributed by atoms with Crippen molar-refractivity contribution in [1.29, 1.82) is 0 Å². The molecule has 0 aliphatic rings. The molecule has 4 nitrogen and oxygen atoms in total. The van der Waals surface area contributed by atoms with Crippen LogP contribution in [0.1, 0.15) is 36.5 Å². The summed E-state index contributed by atoms with van der Waals surface area (Å²) in [5.74, 6) is -1.83. The smallest absolute Gasteiger partial charge is 0.255 e. The zero-order valence-electron chi connectivity index (χ0n) is 12.9. The second-order valence-electron chi connectivity index (χ2n) is 5.15. The molecule has 1 aromatic carbocycles. The number of carbonyl (C=O) groups is 1. The first-order valence-electron chi connectivity index (χ1n) is 7.56. The number of carbonyl (C=O) groups excluding carboxylic acids is 1. The van der Waals surface area contributed by atoms with Gasteiger partial charge in [0.25, 0.3) is 5.91 Å². The summed E-state index contributed by atoms with van der Waals surface area (Å²) in [4.78, 5) is 16.2. The van der Waals surface area contributed by atoms with Crippen molar-refractivity contribution in [2.24, 2.45) is 0 Å². The Labute approximate surface area is 133 Å². The van der Waals surface area contributed by atoms with E-state index < -0.39 is 17.5 Å². The molecule has 0 bridgehead atoms. The van der Waals surface area contributed by atoms with Gasteiger partial charge in [0.1, 0.15) is 5.82 Å². The van der Waals surface area contributed by atoms with Crippen molar-refractivity contribution in [2.75, 3.05) is 17.2 Å². The molecule has 2 N–H and O–H groups in total. The predicted octanol–water partition coefficient (Wildman–Crippen LogP) is 4.21.